The van der Waals surface area contributed by atoms with Crippen LogP contribution in [0, 0.1) is 5.92 Å². The first-order valence-electron chi connectivity index (χ1n) is 4.21. The standard InChI is InChI=1S/C8H13NO2/c10-7(11)9-8-3-1-6(5-8)2-4-8/h6,9H,1-5H2,(H,10,11). The van der Waals surface area contributed by atoms with Crippen LogP contribution in [-0.2, 0) is 0 Å². The van der Waals surface area contributed by atoms with Crippen LogP contribution in [0.2, 0.25) is 0 Å². The van der Waals surface area contributed by atoms with Gasteiger partial charge >= 0.3 is 6.09 Å². The SMILES string of the molecule is O=C(O)NC12CCC(CC1)C2. The lowest BCUT2D eigenvalue weighted by Crippen LogP contribution is -2.44. The van der Waals surface area contributed by atoms with Crippen molar-refractivity contribution in [2.24, 2.45) is 5.92 Å². The molecule has 2 aliphatic carbocycles. The van der Waals surface area contributed by atoms with Crippen molar-refractivity contribution in [3.63, 3.8) is 0 Å². The van der Waals surface area contributed by atoms with Gasteiger partial charge < -0.3 is 10.4 Å². The molecule has 0 aromatic heterocycles. The summed E-state index contributed by atoms with van der Waals surface area (Å²) in [7, 11) is 0. The van der Waals surface area contributed by atoms with E-state index in [4.69, 9.17) is 5.11 Å². The van der Waals surface area contributed by atoms with Gasteiger partial charge in [0.1, 0.15) is 0 Å². The number of amides is 1. The van der Waals surface area contributed by atoms with Crippen molar-refractivity contribution in [1.29, 1.82) is 0 Å². The molecule has 0 aliphatic heterocycles. The highest BCUT2D eigenvalue weighted by Crippen LogP contribution is 2.47. The summed E-state index contributed by atoms with van der Waals surface area (Å²) in [5.41, 5.74) is -0.0174. The molecule has 2 bridgehead atoms. The first kappa shape index (κ1) is 6.95. The van der Waals surface area contributed by atoms with Crippen LogP contribution >= 0.6 is 0 Å². The quantitative estimate of drug-likeness (QED) is 0.604. The van der Waals surface area contributed by atoms with Gasteiger partial charge in [-0.15, -0.1) is 0 Å². The molecule has 11 heavy (non-hydrogen) atoms. The number of hydrogen-bond donors (Lipinski definition) is 2. The lowest BCUT2D eigenvalue weighted by molar-refractivity contribution is 0.177. The molecule has 3 nitrogen and oxygen atoms in total. The van der Waals surface area contributed by atoms with Crippen molar-refractivity contribution < 1.29 is 9.90 Å². The normalized spacial score (nSPS) is 40.9. The third-order valence-corrected chi connectivity index (χ3v) is 3.11. The van der Waals surface area contributed by atoms with Crippen LogP contribution < -0.4 is 5.32 Å². The summed E-state index contributed by atoms with van der Waals surface area (Å²) in [5, 5.41) is 11.2. The van der Waals surface area contributed by atoms with Gasteiger partial charge in [0.15, 0.2) is 0 Å². The molecule has 0 spiro atoms. The van der Waals surface area contributed by atoms with Gasteiger partial charge in [-0.2, -0.15) is 0 Å². The highest BCUT2D eigenvalue weighted by molar-refractivity contribution is 5.65. The van der Waals surface area contributed by atoms with Crippen LogP contribution in [-0.4, -0.2) is 16.7 Å². The van der Waals surface area contributed by atoms with Crippen LogP contribution in [0.25, 0.3) is 0 Å². The van der Waals surface area contributed by atoms with Gasteiger partial charge in [-0.05, 0) is 38.0 Å². The zero-order valence-electron chi connectivity index (χ0n) is 6.47. The fourth-order valence-corrected chi connectivity index (χ4v) is 2.59. The van der Waals surface area contributed by atoms with Gasteiger partial charge in [-0.1, -0.05) is 0 Å². The summed E-state index contributed by atoms with van der Waals surface area (Å²) in [6, 6.07) is 0. The third-order valence-electron chi connectivity index (χ3n) is 3.11. The Morgan fingerprint density at radius 3 is 2.45 bits per heavy atom. The second-order valence-electron chi connectivity index (χ2n) is 3.86. The molecule has 0 aromatic rings. The Bertz CT molecular complexity index is 183. The fraction of sp³-hybridized carbons (Fsp3) is 0.875. The van der Waals surface area contributed by atoms with E-state index < -0.39 is 6.09 Å². The van der Waals surface area contributed by atoms with Crippen LogP contribution in [0.15, 0.2) is 0 Å². The Hall–Kier alpha value is -0.730. The van der Waals surface area contributed by atoms with Crippen molar-refractivity contribution >= 4 is 6.09 Å². The van der Waals surface area contributed by atoms with E-state index >= 15 is 0 Å². The lowest BCUT2D eigenvalue weighted by atomic mass is 9.94. The first-order valence-corrected chi connectivity index (χ1v) is 4.21. The Morgan fingerprint density at radius 1 is 1.45 bits per heavy atom. The van der Waals surface area contributed by atoms with E-state index in [0.29, 0.717) is 0 Å². The summed E-state index contributed by atoms with van der Waals surface area (Å²) < 4.78 is 0. The van der Waals surface area contributed by atoms with Gasteiger partial charge in [-0.25, -0.2) is 4.79 Å². The van der Waals surface area contributed by atoms with E-state index in [0.717, 1.165) is 25.2 Å². The molecule has 0 saturated heterocycles. The Balaban J connectivity index is 2.05. The maximum Gasteiger partial charge on any atom is 0.405 e. The van der Waals surface area contributed by atoms with Crippen LogP contribution in [0.5, 0.6) is 0 Å². The minimum atomic E-state index is -0.854. The largest absolute Gasteiger partial charge is 0.465 e. The van der Waals surface area contributed by atoms with E-state index in [-0.39, 0.29) is 5.54 Å². The van der Waals surface area contributed by atoms with E-state index in [1.165, 1.54) is 12.8 Å². The van der Waals surface area contributed by atoms with Gasteiger partial charge in [-0.3, -0.25) is 0 Å². The number of carbonyl (C=O) groups is 1. The van der Waals surface area contributed by atoms with Crippen molar-refractivity contribution in [2.45, 2.75) is 37.6 Å². The van der Waals surface area contributed by atoms with Gasteiger partial charge in [0.25, 0.3) is 0 Å². The molecule has 0 atom stereocenters. The molecular formula is C8H13NO2. The number of rotatable bonds is 1. The zero-order chi connectivity index (χ0) is 7.90. The van der Waals surface area contributed by atoms with Crippen molar-refractivity contribution in [3.05, 3.63) is 0 Å². The first-order chi connectivity index (χ1) is 5.20. The number of carboxylic acid groups (broad SMARTS) is 1. The van der Waals surface area contributed by atoms with Crippen LogP contribution in [0.1, 0.15) is 32.1 Å². The van der Waals surface area contributed by atoms with Crippen molar-refractivity contribution in [3.8, 4) is 0 Å². The minimum Gasteiger partial charge on any atom is -0.465 e. The number of nitrogens with one attached hydrogen (secondary N) is 1. The maximum atomic E-state index is 10.4. The molecule has 2 aliphatic rings. The summed E-state index contributed by atoms with van der Waals surface area (Å²) in [6.45, 7) is 0. The molecule has 1 amide bonds. The van der Waals surface area contributed by atoms with Crippen LogP contribution in [0.3, 0.4) is 0 Å². The summed E-state index contributed by atoms with van der Waals surface area (Å²) in [6.07, 6.45) is 4.79. The molecule has 2 saturated carbocycles. The highest BCUT2D eigenvalue weighted by Gasteiger charge is 2.45. The van der Waals surface area contributed by atoms with Gasteiger partial charge in [0.2, 0.25) is 0 Å². The molecule has 0 unspecified atom stereocenters. The summed E-state index contributed by atoms with van der Waals surface area (Å²) >= 11 is 0. The average Bonchev–Trinajstić information content (AvgIpc) is 2.43. The predicted molar refractivity (Wildman–Crippen MR) is 40.5 cm³/mol. The van der Waals surface area contributed by atoms with Crippen LogP contribution in [0.4, 0.5) is 4.79 Å². The average molecular weight is 155 g/mol. The summed E-state index contributed by atoms with van der Waals surface area (Å²) in [5.74, 6) is 0.807. The Labute approximate surface area is 65.8 Å². The predicted octanol–water partition coefficient (Wildman–Crippen LogP) is 1.59. The molecule has 2 fully saturated rings. The molecule has 62 valence electrons. The number of hydrogen-bond acceptors (Lipinski definition) is 1. The fourth-order valence-electron chi connectivity index (χ4n) is 2.59. The third kappa shape index (κ3) is 1.08. The van der Waals surface area contributed by atoms with E-state index in [1.807, 2.05) is 0 Å². The second kappa shape index (κ2) is 2.13. The summed E-state index contributed by atoms with van der Waals surface area (Å²) in [4.78, 5) is 10.4. The van der Waals surface area contributed by atoms with Gasteiger partial charge in [0, 0.05) is 5.54 Å². The molecule has 0 aromatic carbocycles. The topological polar surface area (TPSA) is 49.3 Å². The van der Waals surface area contributed by atoms with E-state index in [9.17, 15) is 4.79 Å². The molecule has 0 radical (unpaired) electrons. The maximum absolute atomic E-state index is 10.4. The minimum absolute atomic E-state index is 0.0174. The smallest absolute Gasteiger partial charge is 0.405 e. The molecule has 2 rings (SSSR count). The van der Waals surface area contributed by atoms with Crippen molar-refractivity contribution in [2.75, 3.05) is 0 Å². The molecular weight excluding hydrogens is 142 g/mol. The zero-order valence-corrected chi connectivity index (χ0v) is 6.47. The Kier molecular flexibility index (Phi) is 1.34. The monoisotopic (exact) mass is 155 g/mol. The molecule has 0 heterocycles. The van der Waals surface area contributed by atoms with Gasteiger partial charge in [0.05, 0.1) is 0 Å². The number of fused-ring (bicyclic) bond motifs is 2. The van der Waals surface area contributed by atoms with Crippen molar-refractivity contribution in [1.82, 2.24) is 5.32 Å². The lowest BCUT2D eigenvalue weighted by Gasteiger charge is -2.25. The second-order valence-corrected chi connectivity index (χ2v) is 3.86. The highest BCUT2D eigenvalue weighted by atomic mass is 16.4. The Morgan fingerprint density at radius 2 is 2.09 bits per heavy atom. The van der Waals surface area contributed by atoms with E-state index in [2.05, 4.69) is 5.32 Å². The molecule has 2 N–H and O–H groups in total. The molecule has 3 heteroatoms. The van der Waals surface area contributed by atoms with E-state index in [1.54, 1.807) is 0 Å².